The van der Waals surface area contributed by atoms with Crippen molar-refractivity contribution in [1.29, 1.82) is 5.26 Å². The van der Waals surface area contributed by atoms with Gasteiger partial charge in [0, 0.05) is 12.2 Å². The number of aryl methyl sites for hydroxylation is 2. The molecule has 16 heavy (non-hydrogen) atoms. The van der Waals surface area contributed by atoms with Gasteiger partial charge in [-0.3, -0.25) is 0 Å². The first-order valence-corrected chi connectivity index (χ1v) is 5.55. The quantitative estimate of drug-likeness (QED) is 0.799. The zero-order valence-corrected chi connectivity index (χ0v) is 9.32. The van der Waals surface area contributed by atoms with Crippen molar-refractivity contribution in [2.75, 3.05) is 11.9 Å². The molecule has 0 bridgehead atoms. The lowest BCUT2D eigenvalue weighted by Gasteiger charge is -2.10. The minimum atomic E-state index is -0.443. The fraction of sp³-hybridized carbons (Fsp3) is 0.500. The molecule has 0 amide bonds. The van der Waals surface area contributed by atoms with E-state index in [0.717, 1.165) is 25.0 Å². The first kappa shape index (κ1) is 10.9. The van der Waals surface area contributed by atoms with E-state index in [1.54, 1.807) is 6.92 Å². The van der Waals surface area contributed by atoms with Crippen molar-refractivity contribution in [1.82, 2.24) is 4.98 Å². The number of nitrogens with zero attached hydrogens (tertiary/aromatic N) is 2. The average molecular weight is 217 g/mol. The number of nitriles is 1. The Hall–Kier alpha value is -1.60. The number of hydrogen-bond donors (Lipinski definition) is 2. The largest absolute Gasteiger partial charge is 0.392 e. The number of fused-ring (bicyclic) bond motifs is 1. The average Bonchev–Trinajstić information content (AvgIpc) is 2.71. The highest BCUT2D eigenvalue weighted by Gasteiger charge is 2.16. The summed E-state index contributed by atoms with van der Waals surface area (Å²) < 4.78 is 0. The van der Waals surface area contributed by atoms with Crippen LogP contribution in [0.3, 0.4) is 0 Å². The third kappa shape index (κ3) is 2.15. The topological polar surface area (TPSA) is 68.9 Å². The van der Waals surface area contributed by atoms with Crippen molar-refractivity contribution in [3.63, 3.8) is 0 Å². The molecule has 0 aliphatic heterocycles. The first-order chi connectivity index (χ1) is 7.70. The summed E-state index contributed by atoms with van der Waals surface area (Å²) in [7, 11) is 0. The number of aliphatic hydroxyl groups is 1. The van der Waals surface area contributed by atoms with E-state index >= 15 is 0 Å². The third-order valence-electron chi connectivity index (χ3n) is 2.74. The number of rotatable bonds is 3. The highest BCUT2D eigenvalue weighted by molar-refractivity contribution is 5.55. The van der Waals surface area contributed by atoms with Crippen LogP contribution in [0, 0.1) is 11.3 Å². The molecular weight excluding hydrogens is 202 g/mol. The Balaban J connectivity index is 2.26. The van der Waals surface area contributed by atoms with Crippen LogP contribution in [0.4, 0.5) is 5.82 Å². The zero-order valence-electron chi connectivity index (χ0n) is 9.32. The van der Waals surface area contributed by atoms with Crippen molar-refractivity contribution < 1.29 is 5.11 Å². The van der Waals surface area contributed by atoms with Crippen LogP contribution in [-0.4, -0.2) is 22.7 Å². The summed E-state index contributed by atoms with van der Waals surface area (Å²) in [6, 6.07) is 4.06. The van der Waals surface area contributed by atoms with E-state index in [9.17, 15) is 5.11 Å². The fourth-order valence-electron chi connectivity index (χ4n) is 1.94. The molecule has 4 nitrogen and oxygen atoms in total. The number of nitrogens with one attached hydrogen (secondary N) is 1. The van der Waals surface area contributed by atoms with Gasteiger partial charge in [0.25, 0.3) is 0 Å². The second-order valence-electron chi connectivity index (χ2n) is 4.19. The monoisotopic (exact) mass is 217 g/mol. The summed E-state index contributed by atoms with van der Waals surface area (Å²) in [4.78, 5) is 4.45. The van der Waals surface area contributed by atoms with Crippen molar-refractivity contribution in [2.24, 2.45) is 0 Å². The van der Waals surface area contributed by atoms with Crippen molar-refractivity contribution in [2.45, 2.75) is 32.3 Å². The minimum absolute atomic E-state index is 0.417. The number of aliphatic hydroxyl groups excluding tert-OH is 1. The van der Waals surface area contributed by atoms with Crippen molar-refractivity contribution in [3.05, 3.63) is 22.9 Å². The maximum Gasteiger partial charge on any atom is 0.144 e. The van der Waals surface area contributed by atoms with Gasteiger partial charge in [0.05, 0.1) is 11.7 Å². The molecule has 4 heteroatoms. The van der Waals surface area contributed by atoms with E-state index < -0.39 is 6.10 Å². The lowest BCUT2D eigenvalue weighted by Crippen LogP contribution is -2.17. The number of anilines is 1. The summed E-state index contributed by atoms with van der Waals surface area (Å²) >= 11 is 0. The van der Waals surface area contributed by atoms with Gasteiger partial charge in [-0.05, 0) is 37.8 Å². The first-order valence-electron chi connectivity index (χ1n) is 5.55. The molecule has 0 fully saturated rings. The molecule has 1 aliphatic carbocycles. The third-order valence-corrected chi connectivity index (χ3v) is 2.74. The molecular formula is C12H15N3O. The van der Waals surface area contributed by atoms with E-state index in [1.165, 1.54) is 5.56 Å². The summed E-state index contributed by atoms with van der Waals surface area (Å²) in [5.74, 6) is 0.601. The van der Waals surface area contributed by atoms with Gasteiger partial charge >= 0.3 is 0 Å². The van der Waals surface area contributed by atoms with Crippen LogP contribution >= 0.6 is 0 Å². The van der Waals surface area contributed by atoms with Crippen LogP contribution in [0.2, 0.25) is 0 Å². The van der Waals surface area contributed by atoms with Crippen LogP contribution < -0.4 is 5.32 Å². The Morgan fingerprint density at radius 1 is 1.62 bits per heavy atom. The van der Waals surface area contributed by atoms with Gasteiger partial charge < -0.3 is 10.4 Å². The molecule has 1 aromatic heterocycles. The van der Waals surface area contributed by atoms with Crippen LogP contribution in [0.25, 0.3) is 0 Å². The molecule has 2 N–H and O–H groups in total. The number of pyridine rings is 1. The minimum Gasteiger partial charge on any atom is -0.392 e. The van der Waals surface area contributed by atoms with Crippen molar-refractivity contribution >= 4 is 5.82 Å². The molecule has 0 spiro atoms. The summed E-state index contributed by atoms with van der Waals surface area (Å²) in [5.41, 5.74) is 2.85. The molecule has 1 heterocycles. The maximum absolute atomic E-state index is 9.20. The van der Waals surface area contributed by atoms with Gasteiger partial charge in [-0.2, -0.15) is 5.26 Å². The highest BCUT2D eigenvalue weighted by Crippen LogP contribution is 2.24. The predicted molar refractivity (Wildman–Crippen MR) is 61.1 cm³/mol. The molecule has 1 aromatic rings. The predicted octanol–water partition coefficient (Wildman–Crippen LogP) is 1.23. The van der Waals surface area contributed by atoms with Gasteiger partial charge in [-0.1, -0.05) is 0 Å². The molecule has 0 radical (unpaired) electrons. The number of aromatic nitrogens is 1. The van der Waals surface area contributed by atoms with Crippen LogP contribution in [0.1, 0.15) is 30.2 Å². The van der Waals surface area contributed by atoms with Gasteiger partial charge in [0.1, 0.15) is 11.9 Å². The molecule has 2 rings (SSSR count). The molecule has 1 aliphatic rings. The SMILES string of the molecule is CC(O)CNc1nc2c(cc1C#N)CCC2. The van der Waals surface area contributed by atoms with E-state index in [4.69, 9.17) is 5.26 Å². The molecule has 1 unspecified atom stereocenters. The molecule has 0 saturated carbocycles. The van der Waals surface area contributed by atoms with Crippen molar-refractivity contribution in [3.8, 4) is 6.07 Å². The summed E-state index contributed by atoms with van der Waals surface area (Å²) in [6.07, 6.45) is 2.69. The standard InChI is InChI=1S/C12H15N3O/c1-8(16)7-14-12-10(6-13)5-9-3-2-4-11(9)15-12/h5,8,16H,2-4,7H2,1H3,(H,14,15). The normalized spacial score (nSPS) is 15.3. The van der Waals surface area contributed by atoms with Gasteiger partial charge in [0.2, 0.25) is 0 Å². The lowest BCUT2D eigenvalue weighted by molar-refractivity contribution is 0.208. The maximum atomic E-state index is 9.20. The van der Waals surface area contributed by atoms with E-state index in [-0.39, 0.29) is 0 Å². The van der Waals surface area contributed by atoms with Crippen LogP contribution in [0.5, 0.6) is 0 Å². The molecule has 1 atom stereocenters. The Bertz CT molecular complexity index is 435. The number of hydrogen-bond acceptors (Lipinski definition) is 4. The summed E-state index contributed by atoms with van der Waals surface area (Å²) in [5, 5.41) is 21.2. The van der Waals surface area contributed by atoms with E-state index in [1.807, 2.05) is 6.07 Å². The Kier molecular flexibility index (Phi) is 3.07. The Morgan fingerprint density at radius 2 is 2.44 bits per heavy atom. The van der Waals surface area contributed by atoms with Crippen LogP contribution in [0.15, 0.2) is 6.07 Å². The second kappa shape index (κ2) is 4.50. The van der Waals surface area contributed by atoms with E-state index in [0.29, 0.717) is 17.9 Å². The molecule has 0 saturated heterocycles. The van der Waals surface area contributed by atoms with E-state index in [2.05, 4.69) is 16.4 Å². The van der Waals surface area contributed by atoms with Gasteiger partial charge in [-0.25, -0.2) is 4.98 Å². The molecule has 0 aromatic carbocycles. The Morgan fingerprint density at radius 3 is 3.12 bits per heavy atom. The second-order valence-corrected chi connectivity index (χ2v) is 4.19. The summed E-state index contributed by atoms with van der Waals surface area (Å²) in [6.45, 7) is 2.12. The van der Waals surface area contributed by atoms with Gasteiger partial charge in [0.15, 0.2) is 0 Å². The zero-order chi connectivity index (χ0) is 11.5. The lowest BCUT2D eigenvalue weighted by atomic mass is 10.1. The van der Waals surface area contributed by atoms with Gasteiger partial charge in [-0.15, -0.1) is 0 Å². The smallest absolute Gasteiger partial charge is 0.144 e. The Labute approximate surface area is 94.9 Å². The van der Waals surface area contributed by atoms with Crippen LogP contribution in [-0.2, 0) is 12.8 Å². The fourth-order valence-corrected chi connectivity index (χ4v) is 1.94. The molecule has 84 valence electrons. The highest BCUT2D eigenvalue weighted by atomic mass is 16.3.